The van der Waals surface area contributed by atoms with E-state index in [1.165, 1.54) is 4.90 Å². The molecule has 2 rings (SSSR count). The summed E-state index contributed by atoms with van der Waals surface area (Å²) in [5, 5.41) is 3.75. The van der Waals surface area contributed by atoms with Gasteiger partial charge in [0.1, 0.15) is 18.3 Å². The van der Waals surface area contributed by atoms with E-state index in [0.717, 1.165) is 23.2 Å². The quantitative estimate of drug-likeness (QED) is 0.795. The third-order valence-electron chi connectivity index (χ3n) is 3.92. The first-order valence-electron chi connectivity index (χ1n) is 8.39. The molecule has 2 aromatic rings. The molecule has 0 heterocycles. The van der Waals surface area contributed by atoms with Gasteiger partial charge in [-0.05, 0) is 42.7 Å². The zero-order valence-corrected chi connectivity index (χ0v) is 16.0. The van der Waals surface area contributed by atoms with Crippen molar-refractivity contribution >= 4 is 17.5 Å². The Hall–Kier alpha value is -2.04. The lowest BCUT2D eigenvalue weighted by Gasteiger charge is -2.21. The molecule has 5 heteroatoms. The summed E-state index contributed by atoms with van der Waals surface area (Å²) in [7, 11) is 4.14. The lowest BCUT2D eigenvalue weighted by molar-refractivity contribution is -0.860. The minimum Gasteiger partial charge on any atom is -0.483 e. The lowest BCUT2D eigenvalue weighted by atomic mass is 10.1. The molecule has 25 heavy (non-hydrogen) atoms. The Morgan fingerprint density at radius 3 is 2.32 bits per heavy atom. The fourth-order valence-corrected chi connectivity index (χ4v) is 3.17. The number of benzene rings is 2. The van der Waals surface area contributed by atoms with E-state index in [1.807, 2.05) is 56.3 Å². The van der Waals surface area contributed by atoms with Crippen molar-refractivity contribution in [1.82, 2.24) is 5.32 Å². The number of nitrogens with one attached hydrogen (secondary N) is 2. The van der Waals surface area contributed by atoms with Crippen LogP contribution in [0.4, 0.5) is 0 Å². The number of carbonyl (C=O) groups excluding carboxylic acids is 1. The van der Waals surface area contributed by atoms with Crippen molar-refractivity contribution < 1.29 is 14.4 Å². The van der Waals surface area contributed by atoms with Crippen molar-refractivity contribution in [1.29, 1.82) is 0 Å². The van der Waals surface area contributed by atoms with Crippen LogP contribution in [-0.2, 0) is 4.79 Å². The summed E-state index contributed by atoms with van der Waals surface area (Å²) < 4.78 is 5.75. The zero-order valence-electron chi connectivity index (χ0n) is 15.2. The third kappa shape index (κ3) is 5.76. The van der Waals surface area contributed by atoms with Gasteiger partial charge in [0, 0.05) is 5.02 Å². The number of likely N-dealkylation sites (N-methyl/N-ethyl adjacent to an activating group) is 1. The van der Waals surface area contributed by atoms with Crippen LogP contribution < -0.4 is 15.0 Å². The van der Waals surface area contributed by atoms with Crippen molar-refractivity contribution in [3.05, 3.63) is 64.2 Å². The number of hydrogen-bond donors (Lipinski definition) is 2. The number of hydrogen-bond acceptors (Lipinski definition) is 2. The van der Waals surface area contributed by atoms with E-state index < -0.39 is 0 Å². The van der Waals surface area contributed by atoms with Crippen LogP contribution in [0.2, 0.25) is 5.02 Å². The topological polar surface area (TPSA) is 42.8 Å². The van der Waals surface area contributed by atoms with Crippen LogP contribution in [0.5, 0.6) is 5.75 Å². The van der Waals surface area contributed by atoms with Crippen molar-refractivity contribution in [2.45, 2.75) is 19.9 Å². The molecular formula is C20H26ClN2O2+. The van der Waals surface area contributed by atoms with Gasteiger partial charge >= 0.3 is 0 Å². The first-order chi connectivity index (χ1) is 11.9. The molecule has 0 aliphatic rings. The average molecular weight is 362 g/mol. The maximum atomic E-state index is 12.4. The van der Waals surface area contributed by atoms with Gasteiger partial charge in [-0.2, -0.15) is 0 Å². The van der Waals surface area contributed by atoms with Gasteiger partial charge < -0.3 is 15.0 Å². The van der Waals surface area contributed by atoms with Crippen molar-refractivity contribution in [3.8, 4) is 5.75 Å². The zero-order chi connectivity index (χ0) is 18.4. The van der Waals surface area contributed by atoms with Gasteiger partial charge in [0.2, 0.25) is 0 Å². The molecule has 0 fully saturated rings. The summed E-state index contributed by atoms with van der Waals surface area (Å²) in [5.74, 6) is 0.581. The molecular weight excluding hydrogens is 336 g/mol. The normalized spacial score (nSPS) is 12.1. The van der Waals surface area contributed by atoms with E-state index in [2.05, 4.69) is 19.4 Å². The monoisotopic (exact) mass is 361 g/mol. The summed E-state index contributed by atoms with van der Waals surface area (Å²) in [6, 6.07) is 13.6. The Balaban J connectivity index is 2.02. The average Bonchev–Trinajstić information content (AvgIpc) is 2.53. The van der Waals surface area contributed by atoms with Gasteiger partial charge in [-0.3, -0.25) is 4.79 Å². The van der Waals surface area contributed by atoms with Crippen molar-refractivity contribution in [2.24, 2.45) is 0 Å². The molecule has 2 N–H and O–H groups in total. The molecule has 134 valence electrons. The van der Waals surface area contributed by atoms with Crippen LogP contribution >= 0.6 is 11.6 Å². The van der Waals surface area contributed by atoms with Gasteiger partial charge in [0.25, 0.3) is 5.91 Å². The Morgan fingerprint density at radius 2 is 1.76 bits per heavy atom. The highest BCUT2D eigenvalue weighted by Gasteiger charge is 2.18. The molecule has 0 aromatic heterocycles. The van der Waals surface area contributed by atoms with Crippen molar-refractivity contribution in [2.75, 3.05) is 27.2 Å². The van der Waals surface area contributed by atoms with E-state index in [1.54, 1.807) is 0 Å². The van der Waals surface area contributed by atoms with Crippen LogP contribution in [0.15, 0.2) is 42.5 Å². The van der Waals surface area contributed by atoms with Gasteiger partial charge in [-0.25, -0.2) is 0 Å². The smallest absolute Gasteiger partial charge is 0.258 e. The van der Waals surface area contributed by atoms with Gasteiger partial charge in [0.05, 0.1) is 14.1 Å². The molecule has 0 aliphatic carbocycles. The Bertz CT molecular complexity index is 694. The fourth-order valence-electron chi connectivity index (χ4n) is 2.84. The number of halogens is 1. The second-order valence-electron chi connectivity index (χ2n) is 6.60. The Kier molecular flexibility index (Phi) is 6.85. The molecule has 2 aromatic carbocycles. The number of rotatable bonds is 7. The number of quaternary nitrogens is 1. The summed E-state index contributed by atoms with van der Waals surface area (Å²) in [6.07, 6.45) is 0. The summed E-state index contributed by atoms with van der Waals surface area (Å²) in [6.45, 7) is 4.63. The maximum absolute atomic E-state index is 12.4. The van der Waals surface area contributed by atoms with Crippen molar-refractivity contribution in [3.63, 3.8) is 0 Å². The standard InChI is InChI=1S/C20H25ClN2O2/c1-14-10-17(21)11-15(2)20(14)25-13-19(24)22-18(12-23(3)4)16-8-6-5-7-9-16/h5-11,18H,12-13H2,1-4H3,(H,22,24)/p+1/t18-/m1/s1. The van der Waals surface area contributed by atoms with Crippen LogP contribution in [0.1, 0.15) is 22.7 Å². The van der Waals surface area contributed by atoms with E-state index >= 15 is 0 Å². The summed E-state index contributed by atoms with van der Waals surface area (Å²) in [5.41, 5.74) is 2.95. The van der Waals surface area contributed by atoms with E-state index in [-0.39, 0.29) is 18.6 Å². The van der Waals surface area contributed by atoms with Crippen LogP contribution in [-0.4, -0.2) is 33.2 Å². The third-order valence-corrected chi connectivity index (χ3v) is 4.14. The summed E-state index contributed by atoms with van der Waals surface area (Å²) >= 11 is 6.03. The lowest BCUT2D eigenvalue weighted by Crippen LogP contribution is -3.06. The Labute approximate surface area is 154 Å². The minimum absolute atomic E-state index is 0.0184. The molecule has 0 bridgehead atoms. The minimum atomic E-state index is -0.135. The molecule has 0 unspecified atom stereocenters. The molecule has 0 radical (unpaired) electrons. The molecule has 1 amide bonds. The molecule has 0 saturated heterocycles. The highest BCUT2D eigenvalue weighted by molar-refractivity contribution is 6.30. The van der Waals surface area contributed by atoms with Gasteiger partial charge in [-0.15, -0.1) is 0 Å². The molecule has 0 saturated carbocycles. The number of carbonyl (C=O) groups is 1. The van der Waals surface area contributed by atoms with Crippen LogP contribution in [0.25, 0.3) is 0 Å². The Morgan fingerprint density at radius 1 is 1.16 bits per heavy atom. The predicted octanol–water partition coefficient (Wildman–Crippen LogP) is 2.34. The molecule has 0 aliphatic heterocycles. The maximum Gasteiger partial charge on any atom is 0.258 e. The van der Waals surface area contributed by atoms with E-state index in [4.69, 9.17) is 16.3 Å². The second-order valence-corrected chi connectivity index (χ2v) is 7.04. The van der Waals surface area contributed by atoms with Gasteiger partial charge in [-0.1, -0.05) is 41.9 Å². The SMILES string of the molecule is Cc1cc(Cl)cc(C)c1OCC(=O)N[C@H](C[NH+](C)C)c1ccccc1. The molecule has 0 spiro atoms. The van der Waals surface area contributed by atoms with E-state index in [9.17, 15) is 4.79 Å². The molecule has 1 atom stereocenters. The highest BCUT2D eigenvalue weighted by Crippen LogP contribution is 2.27. The van der Waals surface area contributed by atoms with Gasteiger partial charge in [0.15, 0.2) is 6.61 Å². The first-order valence-corrected chi connectivity index (χ1v) is 8.77. The number of ether oxygens (including phenoxy) is 1. The number of amides is 1. The van der Waals surface area contributed by atoms with Crippen LogP contribution in [0, 0.1) is 13.8 Å². The first kappa shape index (κ1) is 19.3. The van der Waals surface area contributed by atoms with E-state index in [0.29, 0.717) is 10.8 Å². The fraction of sp³-hybridized carbons (Fsp3) is 0.350. The number of aryl methyl sites for hydroxylation is 2. The second kappa shape index (κ2) is 8.88. The van der Waals surface area contributed by atoms with Crippen LogP contribution in [0.3, 0.4) is 0 Å². The molecule has 4 nitrogen and oxygen atoms in total. The predicted molar refractivity (Wildman–Crippen MR) is 101 cm³/mol. The largest absolute Gasteiger partial charge is 0.483 e. The summed E-state index contributed by atoms with van der Waals surface area (Å²) in [4.78, 5) is 13.7. The highest BCUT2D eigenvalue weighted by atomic mass is 35.5.